The molecule has 0 radical (unpaired) electrons. The predicted molar refractivity (Wildman–Crippen MR) is 78.7 cm³/mol. The lowest BCUT2D eigenvalue weighted by molar-refractivity contribution is -0.384. The normalized spacial score (nSPS) is 10.9. The summed E-state index contributed by atoms with van der Waals surface area (Å²) >= 11 is 0. The summed E-state index contributed by atoms with van der Waals surface area (Å²) in [6, 6.07) is 13.3. The Bertz CT molecular complexity index is 794. The number of nitro benzene ring substituents is 1. The molecule has 0 bridgehead atoms. The molecule has 0 aliphatic heterocycles. The minimum Gasteiger partial charge on any atom is -0.347 e. The van der Waals surface area contributed by atoms with Gasteiger partial charge in [-0.25, -0.2) is 4.39 Å². The third-order valence-corrected chi connectivity index (χ3v) is 3.55. The lowest BCUT2D eigenvalue weighted by Gasteiger charge is -2.06. The molecule has 0 aliphatic carbocycles. The van der Waals surface area contributed by atoms with Gasteiger partial charge >= 0.3 is 0 Å². The smallest absolute Gasteiger partial charge is 0.269 e. The van der Waals surface area contributed by atoms with Crippen LogP contribution in [0.4, 0.5) is 10.1 Å². The van der Waals surface area contributed by atoms with Gasteiger partial charge in [-0.05, 0) is 30.2 Å². The van der Waals surface area contributed by atoms with E-state index in [-0.39, 0.29) is 11.5 Å². The van der Waals surface area contributed by atoms with E-state index < -0.39 is 4.92 Å². The molecule has 3 aromatic rings. The maximum absolute atomic E-state index is 13.6. The third kappa shape index (κ3) is 2.63. The number of hydrogen-bond donors (Lipinski definition) is 0. The second kappa shape index (κ2) is 5.36. The summed E-state index contributed by atoms with van der Waals surface area (Å²) in [6.07, 6.45) is 2.59. The Hall–Kier alpha value is -2.69. The van der Waals surface area contributed by atoms with Crippen molar-refractivity contribution in [1.82, 2.24) is 4.57 Å². The predicted octanol–water partition coefficient (Wildman–Crippen LogP) is 3.93. The van der Waals surface area contributed by atoms with Crippen LogP contribution in [-0.2, 0) is 13.0 Å². The van der Waals surface area contributed by atoms with Gasteiger partial charge in [-0.1, -0.05) is 18.2 Å². The number of aryl methyl sites for hydroxylation is 2. The highest BCUT2D eigenvalue weighted by atomic mass is 19.1. The maximum Gasteiger partial charge on any atom is 0.269 e. The molecule has 0 atom stereocenters. The topological polar surface area (TPSA) is 48.1 Å². The van der Waals surface area contributed by atoms with Gasteiger partial charge in [0.25, 0.3) is 5.69 Å². The highest BCUT2D eigenvalue weighted by molar-refractivity contribution is 5.80. The van der Waals surface area contributed by atoms with Gasteiger partial charge < -0.3 is 4.57 Å². The third-order valence-electron chi connectivity index (χ3n) is 3.55. The van der Waals surface area contributed by atoms with Crippen molar-refractivity contribution in [2.75, 3.05) is 0 Å². The molecular formula is C16H13FN2O2. The first-order chi connectivity index (χ1) is 10.1. The number of benzene rings is 2. The molecule has 0 amide bonds. The fourth-order valence-electron chi connectivity index (χ4n) is 2.41. The summed E-state index contributed by atoms with van der Waals surface area (Å²) in [6.45, 7) is 0.699. The molecule has 1 aromatic heterocycles. The van der Waals surface area contributed by atoms with Crippen molar-refractivity contribution in [2.45, 2.75) is 13.0 Å². The maximum atomic E-state index is 13.6. The molecule has 3 rings (SSSR count). The van der Waals surface area contributed by atoms with Crippen LogP contribution in [-0.4, -0.2) is 9.49 Å². The van der Waals surface area contributed by atoms with Crippen molar-refractivity contribution in [3.63, 3.8) is 0 Å². The van der Waals surface area contributed by atoms with Crippen molar-refractivity contribution >= 4 is 16.6 Å². The van der Waals surface area contributed by atoms with Gasteiger partial charge in [-0.3, -0.25) is 10.1 Å². The molecule has 2 aromatic carbocycles. The van der Waals surface area contributed by atoms with Crippen molar-refractivity contribution in [3.05, 3.63) is 76.2 Å². The Morgan fingerprint density at radius 1 is 1.10 bits per heavy atom. The average Bonchev–Trinajstić information content (AvgIpc) is 2.90. The van der Waals surface area contributed by atoms with E-state index in [0.29, 0.717) is 11.9 Å². The minimum atomic E-state index is -0.411. The molecule has 0 saturated carbocycles. The quantitative estimate of drug-likeness (QED) is 0.538. The Kier molecular flexibility index (Phi) is 3.39. The Morgan fingerprint density at radius 3 is 2.57 bits per heavy atom. The second-order valence-corrected chi connectivity index (χ2v) is 4.86. The Morgan fingerprint density at radius 2 is 1.86 bits per heavy atom. The summed E-state index contributed by atoms with van der Waals surface area (Å²) < 4.78 is 15.6. The highest BCUT2D eigenvalue weighted by Crippen LogP contribution is 2.20. The summed E-state index contributed by atoms with van der Waals surface area (Å²) in [5.74, 6) is -0.221. The fourth-order valence-corrected chi connectivity index (χ4v) is 2.41. The van der Waals surface area contributed by atoms with Gasteiger partial charge in [0.05, 0.1) is 10.4 Å². The number of nitro groups is 1. The molecule has 0 saturated heterocycles. The zero-order chi connectivity index (χ0) is 14.8. The van der Waals surface area contributed by atoms with E-state index in [2.05, 4.69) is 0 Å². The van der Waals surface area contributed by atoms with Crippen LogP contribution in [0.25, 0.3) is 10.9 Å². The summed E-state index contributed by atoms with van der Waals surface area (Å²) in [4.78, 5) is 10.2. The van der Waals surface area contributed by atoms with E-state index in [1.54, 1.807) is 24.3 Å². The number of fused-ring (bicyclic) bond motifs is 1. The zero-order valence-corrected chi connectivity index (χ0v) is 11.2. The number of aromatic nitrogens is 1. The van der Waals surface area contributed by atoms with Crippen molar-refractivity contribution < 1.29 is 9.31 Å². The molecule has 21 heavy (non-hydrogen) atoms. The molecule has 4 nitrogen and oxygen atoms in total. The summed E-state index contributed by atoms with van der Waals surface area (Å²) in [5.41, 5.74) is 1.96. The van der Waals surface area contributed by atoms with Gasteiger partial charge in [0, 0.05) is 30.3 Å². The fraction of sp³-hybridized carbons (Fsp3) is 0.125. The van der Waals surface area contributed by atoms with E-state index in [1.807, 2.05) is 16.8 Å². The monoisotopic (exact) mass is 284 g/mol. The van der Waals surface area contributed by atoms with Crippen LogP contribution < -0.4 is 0 Å². The number of halogens is 1. The van der Waals surface area contributed by atoms with Crippen molar-refractivity contribution in [2.24, 2.45) is 0 Å². The van der Waals surface area contributed by atoms with Crippen molar-refractivity contribution in [1.29, 1.82) is 0 Å². The van der Waals surface area contributed by atoms with E-state index in [9.17, 15) is 14.5 Å². The van der Waals surface area contributed by atoms with Crippen LogP contribution >= 0.6 is 0 Å². The zero-order valence-electron chi connectivity index (χ0n) is 11.2. The highest BCUT2D eigenvalue weighted by Gasteiger charge is 2.06. The molecule has 0 unspecified atom stereocenters. The molecule has 5 heteroatoms. The lowest BCUT2D eigenvalue weighted by atomic mass is 10.1. The van der Waals surface area contributed by atoms with Gasteiger partial charge in [0.1, 0.15) is 5.82 Å². The van der Waals surface area contributed by atoms with Crippen LogP contribution in [0.15, 0.2) is 54.7 Å². The average molecular weight is 284 g/mol. The largest absolute Gasteiger partial charge is 0.347 e. The number of non-ortho nitro benzene ring substituents is 1. The molecule has 0 N–H and O–H groups in total. The Labute approximate surface area is 120 Å². The molecule has 0 spiro atoms. The van der Waals surface area contributed by atoms with E-state index in [0.717, 1.165) is 17.5 Å². The SMILES string of the molecule is O=[N+]([O-])c1ccc(CCn2ccc3c(F)cccc32)cc1. The molecule has 106 valence electrons. The van der Waals surface area contributed by atoms with E-state index in [1.165, 1.54) is 18.2 Å². The summed E-state index contributed by atoms with van der Waals surface area (Å²) in [5, 5.41) is 11.2. The first-order valence-corrected chi connectivity index (χ1v) is 6.62. The summed E-state index contributed by atoms with van der Waals surface area (Å²) in [7, 11) is 0. The van der Waals surface area contributed by atoms with Crippen LogP contribution in [0.1, 0.15) is 5.56 Å². The first-order valence-electron chi connectivity index (χ1n) is 6.62. The van der Waals surface area contributed by atoms with Gasteiger partial charge in [-0.15, -0.1) is 0 Å². The van der Waals surface area contributed by atoms with E-state index in [4.69, 9.17) is 0 Å². The number of rotatable bonds is 4. The molecule has 0 aliphatic rings. The second-order valence-electron chi connectivity index (χ2n) is 4.86. The van der Waals surface area contributed by atoms with E-state index >= 15 is 0 Å². The van der Waals surface area contributed by atoms with Crippen molar-refractivity contribution in [3.8, 4) is 0 Å². The number of nitrogens with zero attached hydrogens (tertiary/aromatic N) is 2. The van der Waals surface area contributed by atoms with Crippen LogP contribution in [0, 0.1) is 15.9 Å². The Balaban J connectivity index is 1.77. The number of hydrogen-bond acceptors (Lipinski definition) is 2. The lowest BCUT2D eigenvalue weighted by Crippen LogP contribution is -2.00. The van der Waals surface area contributed by atoms with Gasteiger partial charge in [0.2, 0.25) is 0 Å². The first kappa shape index (κ1) is 13.3. The van der Waals surface area contributed by atoms with Crippen LogP contribution in [0.2, 0.25) is 0 Å². The van der Waals surface area contributed by atoms with Crippen LogP contribution in [0.5, 0.6) is 0 Å². The minimum absolute atomic E-state index is 0.0900. The van der Waals surface area contributed by atoms with Gasteiger partial charge in [0.15, 0.2) is 0 Å². The molecular weight excluding hydrogens is 271 g/mol. The molecule has 1 heterocycles. The van der Waals surface area contributed by atoms with Crippen LogP contribution in [0.3, 0.4) is 0 Å². The molecule has 0 fully saturated rings. The van der Waals surface area contributed by atoms with Gasteiger partial charge in [-0.2, -0.15) is 0 Å². The standard InChI is InChI=1S/C16H13FN2O2/c17-15-2-1-3-16-14(15)9-11-18(16)10-8-12-4-6-13(7-5-12)19(20)21/h1-7,9,11H,8,10H2.